The smallest absolute Gasteiger partial charge is 0.410 e. The quantitative estimate of drug-likeness (QED) is 0.821. The van der Waals surface area contributed by atoms with E-state index in [1.807, 2.05) is 20.8 Å². The first-order chi connectivity index (χ1) is 14.0. The molecule has 1 N–H and O–H groups in total. The number of aromatic nitrogens is 2. The normalized spacial score (nSPS) is 16.7. The van der Waals surface area contributed by atoms with Crippen molar-refractivity contribution < 1.29 is 14.3 Å². The van der Waals surface area contributed by atoms with Crippen molar-refractivity contribution in [2.75, 3.05) is 20.1 Å². The molecule has 1 aliphatic heterocycles. The largest absolute Gasteiger partial charge is 0.444 e. The summed E-state index contributed by atoms with van der Waals surface area (Å²) in [5.41, 5.74) is -0.764. The Kier molecular flexibility index (Phi) is 5.74. The molecule has 1 atom stereocenters. The number of nitrogens with zero attached hydrogens (tertiary/aromatic N) is 3. The van der Waals surface area contributed by atoms with E-state index in [4.69, 9.17) is 4.74 Å². The second-order valence-corrected chi connectivity index (χ2v) is 8.52. The van der Waals surface area contributed by atoms with Gasteiger partial charge in [0.05, 0.1) is 16.9 Å². The molecule has 0 saturated carbocycles. The number of aromatic amines is 1. The van der Waals surface area contributed by atoms with E-state index >= 15 is 0 Å². The molecular weight excluding hydrogens is 388 g/mol. The zero-order chi connectivity index (χ0) is 22.2. The van der Waals surface area contributed by atoms with Crippen LogP contribution in [0.1, 0.15) is 44.5 Å². The molecule has 30 heavy (non-hydrogen) atoms. The van der Waals surface area contributed by atoms with Crippen LogP contribution in [-0.4, -0.2) is 63.1 Å². The van der Waals surface area contributed by atoms with Crippen LogP contribution in [0.5, 0.6) is 0 Å². The molecular formula is C21H28N4O5. The second-order valence-electron chi connectivity index (χ2n) is 8.52. The van der Waals surface area contributed by atoms with Gasteiger partial charge in [-0.3, -0.25) is 14.2 Å². The number of benzene rings is 1. The maximum atomic E-state index is 13.0. The fraction of sp³-hybridized carbons (Fsp3) is 0.524. The maximum absolute atomic E-state index is 13.0. The summed E-state index contributed by atoms with van der Waals surface area (Å²) in [6, 6.07) is 4.52. The summed E-state index contributed by atoms with van der Waals surface area (Å²) < 4.78 is 6.51. The van der Waals surface area contributed by atoms with Crippen molar-refractivity contribution in [1.29, 1.82) is 0 Å². The monoisotopic (exact) mass is 416 g/mol. The molecule has 3 rings (SSSR count). The second kappa shape index (κ2) is 7.97. The third-order valence-electron chi connectivity index (χ3n) is 5.23. The van der Waals surface area contributed by atoms with Crippen LogP contribution in [0.25, 0.3) is 10.9 Å². The number of carbonyl (C=O) groups is 2. The Hall–Kier alpha value is -3.10. The molecule has 0 radical (unpaired) electrons. The van der Waals surface area contributed by atoms with E-state index in [1.165, 1.54) is 6.07 Å². The number of nitrogens with one attached hydrogen (secondary N) is 1. The van der Waals surface area contributed by atoms with E-state index in [0.29, 0.717) is 36.0 Å². The zero-order valence-corrected chi connectivity index (χ0v) is 18.0. The summed E-state index contributed by atoms with van der Waals surface area (Å²) in [5, 5.41) is 0.354. The zero-order valence-electron chi connectivity index (χ0n) is 18.0. The Balaban J connectivity index is 1.78. The van der Waals surface area contributed by atoms with Crippen LogP contribution in [0.2, 0.25) is 0 Å². The van der Waals surface area contributed by atoms with E-state index in [1.54, 1.807) is 35.9 Å². The van der Waals surface area contributed by atoms with Gasteiger partial charge in [0, 0.05) is 32.2 Å². The number of hydrogen-bond acceptors (Lipinski definition) is 5. The summed E-state index contributed by atoms with van der Waals surface area (Å²) in [7, 11) is 1.69. The van der Waals surface area contributed by atoms with Crippen molar-refractivity contribution in [3.8, 4) is 0 Å². The number of fused-ring (bicyclic) bond motifs is 1. The number of ether oxygens (including phenoxy) is 1. The fourth-order valence-corrected chi connectivity index (χ4v) is 3.59. The van der Waals surface area contributed by atoms with E-state index in [9.17, 15) is 19.2 Å². The van der Waals surface area contributed by atoms with E-state index in [0.717, 1.165) is 4.57 Å². The Bertz CT molecular complexity index is 1100. The van der Waals surface area contributed by atoms with Gasteiger partial charge < -0.3 is 19.5 Å². The van der Waals surface area contributed by atoms with Crippen molar-refractivity contribution in [2.45, 2.75) is 52.3 Å². The molecule has 1 aromatic carbocycles. The molecule has 162 valence electrons. The first kappa shape index (κ1) is 21.6. The van der Waals surface area contributed by atoms with Gasteiger partial charge in [-0.25, -0.2) is 9.59 Å². The highest BCUT2D eigenvalue weighted by Crippen LogP contribution is 2.20. The minimum absolute atomic E-state index is 0.146. The van der Waals surface area contributed by atoms with Crippen molar-refractivity contribution in [3.63, 3.8) is 0 Å². The van der Waals surface area contributed by atoms with Crippen LogP contribution in [-0.2, 0) is 11.3 Å². The van der Waals surface area contributed by atoms with E-state index in [-0.39, 0.29) is 30.1 Å². The average molecular weight is 416 g/mol. The molecule has 1 saturated heterocycles. The van der Waals surface area contributed by atoms with E-state index < -0.39 is 11.3 Å². The van der Waals surface area contributed by atoms with Crippen molar-refractivity contribution >= 4 is 22.9 Å². The number of H-pyrrole nitrogens is 1. The van der Waals surface area contributed by atoms with Gasteiger partial charge in [-0.1, -0.05) is 0 Å². The van der Waals surface area contributed by atoms with Gasteiger partial charge in [-0.05, 0) is 52.3 Å². The van der Waals surface area contributed by atoms with Gasteiger partial charge in [-0.2, -0.15) is 0 Å². The highest BCUT2D eigenvalue weighted by atomic mass is 16.6. The summed E-state index contributed by atoms with van der Waals surface area (Å²) >= 11 is 0. The van der Waals surface area contributed by atoms with Crippen LogP contribution < -0.4 is 11.2 Å². The molecule has 1 aliphatic rings. The van der Waals surface area contributed by atoms with Gasteiger partial charge in [0.25, 0.3) is 11.5 Å². The van der Waals surface area contributed by atoms with Gasteiger partial charge in [0.2, 0.25) is 0 Å². The molecule has 0 spiro atoms. The van der Waals surface area contributed by atoms with Gasteiger partial charge >= 0.3 is 11.8 Å². The van der Waals surface area contributed by atoms with Crippen molar-refractivity contribution in [1.82, 2.24) is 19.4 Å². The minimum Gasteiger partial charge on any atom is -0.444 e. The van der Waals surface area contributed by atoms with Crippen molar-refractivity contribution in [2.24, 2.45) is 0 Å². The Morgan fingerprint density at radius 2 is 1.97 bits per heavy atom. The average Bonchev–Trinajstić information content (AvgIpc) is 3.16. The lowest BCUT2D eigenvalue weighted by atomic mass is 10.1. The molecule has 9 nitrogen and oxygen atoms in total. The fourth-order valence-electron chi connectivity index (χ4n) is 3.59. The number of amides is 2. The summed E-state index contributed by atoms with van der Waals surface area (Å²) in [6.07, 6.45) is 0.258. The minimum atomic E-state index is -0.574. The Labute approximate surface area is 174 Å². The van der Waals surface area contributed by atoms with Crippen LogP contribution in [0, 0.1) is 0 Å². The molecule has 0 aliphatic carbocycles. The molecule has 1 aromatic heterocycles. The summed E-state index contributed by atoms with van der Waals surface area (Å²) in [6.45, 7) is 8.33. The van der Waals surface area contributed by atoms with Crippen LogP contribution in [0.15, 0.2) is 27.8 Å². The van der Waals surface area contributed by atoms with Gasteiger partial charge in [-0.15, -0.1) is 0 Å². The van der Waals surface area contributed by atoms with Gasteiger partial charge in [0.15, 0.2) is 0 Å². The first-order valence-corrected chi connectivity index (χ1v) is 10.0. The topological polar surface area (TPSA) is 105 Å². The number of likely N-dealkylation sites (N-methyl/N-ethyl adjacent to an activating group) is 1. The predicted molar refractivity (Wildman–Crippen MR) is 113 cm³/mol. The Morgan fingerprint density at radius 1 is 1.27 bits per heavy atom. The third-order valence-corrected chi connectivity index (χ3v) is 5.23. The van der Waals surface area contributed by atoms with Crippen molar-refractivity contribution in [3.05, 3.63) is 44.6 Å². The van der Waals surface area contributed by atoms with Crippen LogP contribution >= 0.6 is 0 Å². The lowest BCUT2D eigenvalue weighted by Gasteiger charge is -2.27. The highest BCUT2D eigenvalue weighted by molar-refractivity contribution is 5.97. The number of carbonyl (C=O) groups excluding carboxylic acids is 2. The number of hydrogen-bond donors (Lipinski definition) is 1. The molecule has 2 amide bonds. The molecule has 9 heteroatoms. The van der Waals surface area contributed by atoms with Gasteiger partial charge in [0.1, 0.15) is 5.60 Å². The maximum Gasteiger partial charge on any atom is 0.410 e. The third kappa shape index (κ3) is 4.24. The molecule has 2 aromatic rings. The predicted octanol–water partition coefficient (Wildman–Crippen LogP) is 1.79. The molecule has 2 heterocycles. The lowest BCUT2D eigenvalue weighted by molar-refractivity contribution is 0.0279. The van der Waals surface area contributed by atoms with Crippen LogP contribution in [0.3, 0.4) is 0 Å². The standard InChI is InChI=1S/C21H28N4O5/c1-6-25-18(27)15-8-7-13(11-16(15)22-19(25)28)17(26)23(5)14-9-10-24(12-14)20(29)30-21(2,3)4/h7-8,11,14H,6,9-10,12H2,1-5H3,(H,22,28). The molecule has 1 unspecified atom stereocenters. The van der Waals surface area contributed by atoms with E-state index in [2.05, 4.69) is 4.98 Å². The number of likely N-dealkylation sites (tertiary alicyclic amines) is 1. The lowest BCUT2D eigenvalue weighted by Crippen LogP contribution is -2.41. The Morgan fingerprint density at radius 3 is 2.60 bits per heavy atom. The molecule has 0 bridgehead atoms. The molecule has 1 fully saturated rings. The van der Waals surface area contributed by atoms with Crippen LogP contribution in [0.4, 0.5) is 4.79 Å². The summed E-state index contributed by atoms with van der Waals surface area (Å²) in [5.74, 6) is -0.242. The SMILES string of the molecule is CCn1c(=O)[nH]c2cc(C(=O)N(C)C3CCN(C(=O)OC(C)(C)C)C3)ccc2c1=O. The highest BCUT2D eigenvalue weighted by Gasteiger charge is 2.33. The summed E-state index contributed by atoms with van der Waals surface area (Å²) in [4.78, 5) is 55.6. The first-order valence-electron chi connectivity index (χ1n) is 10.0. The number of rotatable bonds is 3.